The zero-order valence-electron chi connectivity index (χ0n) is 18.0. The number of nitrogens with one attached hydrogen (secondary N) is 2. The van der Waals surface area contributed by atoms with Crippen LogP contribution in [0.1, 0.15) is 28.5 Å². The van der Waals surface area contributed by atoms with E-state index >= 15 is 0 Å². The Bertz CT molecular complexity index is 1320. The second-order valence-corrected chi connectivity index (χ2v) is 7.63. The van der Waals surface area contributed by atoms with Gasteiger partial charge >= 0.3 is 5.97 Å². The Hall–Kier alpha value is -3.80. The topological polar surface area (TPSA) is 93.1 Å². The molecule has 1 aromatic heterocycles. The maximum absolute atomic E-state index is 12.8. The fourth-order valence-electron chi connectivity index (χ4n) is 4.13. The van der Waals surface area contributed by atoms with Crippen LogP contribution < -0.4 is 11.1 Å². The highest BCUT2D eigenvalue weighted by atomic mass is 16.5. The van der Waals surface area contributed by atoms with Crippen molar-refractivity contribution in [2.45, 2.75) is 20.4 Å². The standard InChI is InChI=1S/C25H26N4O2/c1-4-31-24(30)23-20-11-9-17(13-21(20)29(3)22(23)14-28-25(26)27)18-7-5-6-16-12-15(2)8-10-19(16)18/h5-13H,4,14H2,1-3H3,(H4,26,27,28). The highest BCUT2D eigenvalue weighted by molar-refractivity contribution is 6.08. The second-order valence-electron chi connectivity index (χ2n) is 7.63. The highest BCUT2D eigenvalue weighted by Gasteiger charge is 2.22. The van der Waals surface area contributed by atoms with Gasteiger partial charge in [-0.05, 0) is 41.8 Å². The Morgan fingerprint density at radius 2 is 1.90 bits per heavy atom. The van der Waals surface area contributed by atoms with Crippen LogP contribution in [0, 0.1) is 12.3 Å². The fourth-order valence-corrected chi connectivity index (χ4v) is 4.13. The van der Waals surface area contributed by atoms with E-state index in [1.54, 1.807) is 6.92 Å². The third-order valence-electron chi connectivity index (χ3n) is 5.59. The third-order valence-corrected chi connectivity index (χ3v) is 5.59. The molecule has 4 aromatic rings. The molecule has 1 heterocycles. The van der Waals surface area contributed by atoms with Crippen LogP contribution >= 0.6 is 0 Å². The molecule has 0 radical (unpaired) electrons. The monoisotopic (exact) mass is 414 g/mol. The van der Waals surface area contributed by atoms with Crippen LogP contribution in [0.2, 0.25) is 0 Å². The van der Waals surface area contributed by atoms with Crippen LogP contribution in [0.15, 0.2) is 54.6 Å². The summed E-state index contributed by atoms with van der Waals surface area (Å²) in [6.45, 7) is 4.44. The van der Waals surface area contributed by atoms with Gasteiger partial charge < -0.3 is 20.4 Å². The summed E-state index contributed by atoms with van der Waals surface area (Å²) in [5, 5.41) is 13.5. The lowest BCUT2D eigenvalue weighted by molar-refractivity contribution is 0.0527. The van der Waals surface area contributed by atoms with E-state index in [1.165, 1.54) is 16.3 Å². The summed E-state index contributed by atoms with van der Waals surface area (Å²) in [5.74, 6) is -0.520. The van der Waals surface area contributed by atoms with E-state index in [2.05, 4.69) is 54.7 Å². The molecule has 0 bridgehead atoms. The van der Waals surface area contributed by atoms with Gasteiger partial charge in [0.1, 0.15) is 0 Å². The lowest BCUT2D eigenvalue weighted by Gasteiger charge is -2.09. The number of esters is 1. The molecule has 31 heavy (non-hydrogen) atoms. The van der Waals surface area contributed by atoms with Crippen molar-refractivity contribution in [1.82, 2.24) is 9.88 Å². The number of fused-ring (bicyclic) bond motifs is 2. The van der Waals surface area contributed by atoms with Gasteiger partial charge in [0.2, 0.25) is 0 Å². The van der Waals surface area contributed by atoms with Gasteiger partial charge in [-0.2, -0.15) is 0 Å². The molecule has 4 N–H and O–H groups in total. The van der Waals surface area contributed by atoms with E-state index < -0.39 is 0 Å². The van der Waals surface area contributed by atoms with Crippen LogP contribution in [0.3, 0.4) is 0 Å². The SMILES string of the molecule is CCOC(=O)c1c(CNC(=N)N)n(C)c2cc(-c3cccc4cc(C)ccc34)ccc12. The number of carbonyl (C=O) groups excluding carboxylic acids is 1. The number of hydrogen-bond acceptors (Lipinski definition) is 3. The normalized spacial score (nSPS) is 11.1. The maximum atomic E-state index is 12.8. The Labute approximate surface area is 181 Å². The van der Waals surface area contributed by atoms with Gasteiger partial charge in [-0.25, -0.2) is 4.79 Å². The molecule has 0 spiro atoms. The van der Waals surface area contributed by atoms with Gasteiger partial charge in [-0.1, -0.05) is 54.1 Å². The summed E-state index contributed by atoms with van der Waals surface area (Å²) in [6, 6.07) is 18.9. The lowest BCUT2D eigenvalue weighted by Crippen LogP contribution is -2.31. The molecule has 158 valence electrons. The first-order valence-electron chi connectivity index (χ1n) is 10.3. The molecule has 0 fully saturated rings. The van der Waals surface area contributed by atoms with E-state index in [0.717, 1.165) is 27.7 Å². The summed E-state index contributed by atoms with van der Waals surface area (Å²) >= 11 is 0. The van der Waals surface area contributed by atoms with Crippen LogP contribution in [0.25, 0.3) is 32.8 Å². The molecule has 3 aromatic carbocycles. The molecule has 4 rings (SSSR count). The number of guanidine groups is 1. The first-order chi connectivity index (χ1) is 14.9. The quantitative estimate of drug-likeness (QED) is 0.255. The van der Waals surface area contributed by atoms with E-state index in [4.69, 9.17) is 15.9 Å². The van der Waals surface area contributed by atoms with Gasteiger partial charge in [0.05, 0.1) is 24.4 Å². The minimum absolute atomic E-state index is 0.146. The van der Waals surface area contributed by atoms with E-state index in [1.807, 2.05) is 23.7 Å². The van der Waals surface area contributed by atoms with E-state index in [0.29, 0.717) is 12.2 Å². The number of hydrogen-bond donors (Lipinski definition) is 3. The van der Waals surface area contributed by atoms with Crippen molar-refractivity contribution < 1.29 is 9.53 Å². The fraction of sp³-hybridized carbons (Fsp3) is 0.200. The molecule has 0 amide bonds. The van der Waals surface area contributed by atoms with Gasteiger partial charge in [-0.3, -0.25) is 5.41 Å². The molecule has 6 heteroatoms. The minimum Gasteiger partial charge on any atom is -0.462 e. The predicted octanol–water partition coefficient (Wildman–Crippen LogP) is 4.47. The second kappa shape index (κ2) is 8.14. The molecule has 0 aliphatic carbocycles. The Morgan fingerprint density at radius 1 is 1.13 bits per heavy atom. The van der Waals surface area contributed by atoms with Gasteiger partial charge in [0, 0.05) is 18.0 Å². The zero-order chi connectivity index (χ0) is 22.1. The molecule has 6 nitrogen and oxygen atoms in total. The summed E-state index contributed by atoms with van der Waals surface area (Å²) in [7, 11) is 1.92. The predicted molar refractivity (Wildman–Crippen MR) is 125 cm³/mol. The summed E-state index contributed by atoms with van der Waals surface area (Å²) < 4.78 is 7.28. The molecule has 0 aliphatic rings. The minimum atomic E-state index is -0.373. The molecular weight excluding hydrogens is 388 g/mol. The van der Waals surface area contributed by atoms with Crippen molar-refractivity contribution in [1.29, 1.82) is 5.41 Å². The lowest BCUT2D eigenvalue weighted by atomic mass is 9.96. The summed E-state index contributed by atoms with van der Waals surface area (Å²) in [4.78, 5) is 12.8. The van der Waals surface area contributed by atoms with E-state index in [9.17, 15) is 4.79 Å². The number of nitrogens with zero attached hydrogens (tertiary/aromatic N) is 1. The van der Waals surface area contributed by atoms with Crippen molar-refractivity contribution in [2.75, 3.05) is 6.61 Å². The number of carbonyl (C=O) groups is 1. The third kappa shape index (κ3) is 3.72. The summed E-state index contributed by atoms with van der Waals surface area (Å²) in [6.07, 6.45) is 0. The number of benzene rings is 3. The van der Waals surface area contributed by atoms with Crippen molar-refractivity contribution in [3.05, 3.63) is 71.4 Å². The Balaban J connectivity index is 1.91. The highest BCUT2D eigenvalue weighted by Crippen LogP contribution is 2.34. The zero-order valence-corrected chi connectivity index (χ0v) is 18.0. The van der Waals surface area contributed by atoms with Crippen LogP contribution in [-0.4, -0.2) is 23.1 Å². The molecule has 0 saturated heterocycles. The van der Waals surface area contributed by atoms with Crippen molar-refractivity contribution >= 4 is 33.6 Å². The van der Waals surface area contributed by atoms with Gasteiger partial charge in [0.15, 0.2) is 5.96 Å². The van der Waals surface area contributed by atoms with Gasteiger partial charge in [-0.15, -0.1) is 0 Å². The average molecular weight is 415 g/mol. The number of aryl methyl sites for hydroxylation is 2. The van der Waals surface area contributed by atoms with Crippen molar-refractivity contribution in [3.63, 3.8) is 0 Å². The number of ether oxygens (including phenoxy) is 1. The smallest absolute Gasteiger partial charge is 0.340 e. The average Bonchev–Trinajstić information content (AvgIpc) is 3.03. The Kier molecular flexibility index (Phi) is 5.38. The van der Waals surface area contributed by atoms with Gasteiger partial charge in [0.25, 0.3) is 0 Å². The number of nitrogens with two attached hydrogens (primary N) is 1. The van der Waals surface area contributed by atoms with Crippen LogP contribution in [0.5, 0.6) is 0 Å². The maximum Gasteiger partial charge on any atom is 0.340 e. The Morgan fingerprint density at radius 3 is 2.65 bits per heavy atom. The van der Waals surface area contributed by atoms with Crippen LogP contribution in [-0.2, 0) is 18.3 Å². The first kappa shape index (κ1) is 20.5. The van der Waals surface area contributed by atoms with Crippen molar-refractivity contribution in [3.8, 4) is 11.1 Å². The number of aromatic nitrogens is 1. The molecule has 0 aliphatic heterocycles. The molecular formula is C25H26N4O2. The largest absolute Gasteiger partial charge is 0.462 e. The molecule has 0 saturated carbocycles. The molecule has 0 unspecified atom stereocenters. The van der Waals surface area contributed by atoms with Crippen molar-refractivity contribution in [2.24, 2.45) is 12.8 Å². The first-order valence-corrected chi connectivity index (χ1v) is 10.3. The summed E-state index contributed by atoms with van der Waals surface area (Å²) in [5.41, 5.74) is 11.1. The van der Waals surface area contributed by atoms with E-state index in [-0.39, 0.29) is 18.5 Å². The molecule has 0 atom stereocenters. The van der Waals surface area contributed by atoms with Crippen LogP contribution in [0.4, 0.5) is 0 Å². The number of rotatable bonds is 5.